The van der Waals surface area contributed by atoms with Gasteiger partial charge in [-0.25, -0.2) is 10.0 Å². The van der Waals surface area contributed by atoms with Gasteiger partial charge in [-0.05, 0) is 25.8 Å². The van der Waals surface area contributed by atoms with Crippen molar-refractivity contribution < 1.29 is 24.6 Å². The van der Waals surface area contributed by atoms with Crippen LogP contribution in [0, 0.1) is 0 Å². The van der Waals surface area contributed by atoms with E-state index in [4.69, 9.17) is 0 Å². The Morgan fingerprint density at radius 3 is 2.00 bits per heavy atom. The van der Waals surface area contributed by atoms with Gasteiger partial charge in [0.25, 0.3) is 11.8 Å². The maximum Gasteiger partial charge on any atom is 0.279 e. The summed E-state index contributed by atoms with van der Waals surface area (Å²) < 4.78 is 0.450. The number of aromatic hydroxyl groups is 2. The van der Waals surface area contributed by atoms with E-state index in [0.717, 1.165) is 49.2 Å². The molecule has 1 aromatic rings. The summed E-state index contributed by atoms with van der Waals surface area (Å²) in [5.41, 5.74) is 0.414. The Hall–Kier alpha value is -2.13. The molecule has 1 saturated heterocycles. The SMILES string of the molecule is CCCCN1C(=O)C(=C2Sc3c(O)cc(CC(C)=O)c(O)c3S2)C(=O)N1CCCC. The van der Waals surface area contributed by atoms with Crippen LogP contribution in [0.25, 0.3) is 0 Å². The van der Waals surface area contributed by atoms with Gasteiger partial charge in [0.2, 0.25) is 0 Å². The number of nitrogens with zero attached hydrogens (tertiary/aromatic N) is 2. The van der Waals surface area contributed by atoms with Crippen molar-refractivity contribution in [3.05, 3.63) is 21.4 Å². The lowest BCUT2D eigenvalue weighted by atomic mass is 10.1. The topological polar surface area (TPSA) is 98.1 Å². The van der Waals surface area contributed by atoms with Crippen LogP contribution in [0.3, 0.4) is 0 Å². The van der Waals surface area contributed by atoms with Gasteiger partial charge in [0.1, 0.15) is 22.9 Å². The van der Waals surface area contributed by atoms with Gasteiger partial charge < -0.3 is 10.2 Å². The average Bonchev–Trinajstić information content (AvgIpc) is 3.22. The zero-order valence-electron chi connectivity index (χ0n) is 17.4. The van der Waals surface area contributed by atoms with Gasteiger partial charge in [0.15, 0.2) is 0 Å². The van der Waals surface area contributed by atoms with Gasteiger partial charge in [0, 0.05) is 25.1 Å². The van der Waals surface area contributed by atoms with Crippen molar-refractivity contribution in [2.24, 2.45) is 0 Å². The van der Waals surface area contributed by atoms with Gasteiger partial charge in [-0.3, -0.25) is 14.4 Å². The second-order valence-corrected chi connectivity index (χ2v) is 9.67. The van der Waals surface area contributed by atoms with Crippen LogP contribution in [0.1, 0.15) is 52.0 Å². The molecule has 2 aliphatic rings. The lowest BCUT2D eigenvalue weighted by Crippen LogP contribution is -2.42. The molecule has 0 atom stereocenters. The fourth-order valence-electron chi connectivity index (χ4n) is 3.38. The number of carbonyl (C=O) groups excluding carboxylic acids is 3. The summed E-state index contributed by atoms with van der Waals surface area (Å²) in [5.74, 6) is -0.978. The largest absolute Gasteiger partial charge is 0.507 e. The fourth-order valence-corrected chi connectivity index (χ4v) is 6.00. The summed E-state index contributed by atoms with van der Waals surface area (Å²) in [7, 11) is 0. The van der Waals surface area contributed by atoms with E-state index < -0.39 is 0 Å². The van der Waals surface area contributed by atoms with Crippen LogP contribution in [0.4, 0.5) is 0 Å². The number of phenols is 2. The zero-order valence-corrected chi connectivity index (χ0v) is 19.0. The Labute approximate surface area is 184 Å². The summed E-state index contributed by atoms with van der Waals surface area (Å²) in [5, 5.41) is 24.1. The van der Waals surface area contributed by atoms with Crippen molar-refractivity contribution in [1.29, 1.82) is 0 Å². The summed E-state index contributed by atoms with van der Waals surface area (Å²) in [6.45, 7) is 6.42. The number of Topliss-reactive ketones (excluding diaryl/α,β-unsaturated/α-hetero) is 1. The van der Waals surface area contributed by atoms with E-state index in [2.05, 4.69) is 0 Å². The average molecular weight is 451 g/mol. The van der Waals surface area contributed by atoms with Crippen molar-refractivity contribution in [3.63, 3.8) is 0 Å². The highest BCUT2D eigenvalue weighted by Crippen LogP contribution is 2.59. The molecule has 2 aliphatic heterocycles. The number of amides is 2. The molecule has 162 valence electrons. The molecule has 9 heteroatoms. The van der Waals surface area contributed by atoms with E-state index in [1.807, 2.05) is 13.8 Å². The Morgan fingerprint density at radius 2 is 1.50 bits per heavy atom. The molecular weight excluding hydrogens is 424 g/mol. The minimum absolute atomic E-state index is 0.00272. The van der Waals surface area contributed by atoms with Crippen LogP contribution >= 0.6 is 23.5 Å². The third-order valence-electron chi connectivity index (χ3n) is 4.94. The second-order valence-electron chi connectivity index (χ2n) is 7.37. The van der Waals surface area contributed by atoms with E-state index in [9.17, 15) is 24.6 Å². The van der Waals surface area contributed by atoms with E-state index >= 15 is 0 Å². The maximum absolute atomic E-state index is 13.1. The van der Waals surface area contributed by atoms with Gasteiger partial charge in [-0.2, -0.15) is 0 Å². The third kappa shape index (κ3) is 4.18. The van der Waals surface area contributed by atoms with Crippen LogP contribution in [0.5, 0.6) is 11.5 Å². The third-order valence-corrected chi connectivity index (χ3v) is 7.56. The second kappa shape index (κ2) is 9.34. The summed E-state index contributed by atoms with van der Waals surface area (Å²) >= 11 is 2.21. The van der Waals surface area contributed by atoms with Crippen molar-refractivity contribution in [2.75, 3.05) is 13.1 Å². The number of hydrogen-bond donors (Lipinski definition) is 2. The van der Waals surface area contributed by atoms with Crippen LogP contribution in [-0.2, 0) is 20.8 Å². The standard InChI is InChI=1S/C21H26N2O5S2/c1-4-6-8-22-19(27)15(20(28)23(22)9-7-5-2)21-29-17-14(25)11-13(10-12(3)24)16(26)18(17)30-21/h11,25-26H,4-10H2,1-3H3. The molecule has 3 rings (SSSR count). The molecule has 2 amide bonds. The van der Waals surface area contributed by atoms with Crippen molar-refractivity contribution in [1.82, 2.24) is 10.0 Å². The number of fused-ring (bicyclic) bond motifs is 1. The molecule has 0 aromatic heterocycles. The van der Waals surface area contributed by atoms with Gasteiger partial charge in [-0.1, -0.05) is 50.2 Å². The summed E-state index contributed by atoms with van der Waals surface area (Å²) in [6, 6.07) is 1.37. The zero-order chi connectivity index (χ0) is 22.0. The quantitative estimate of drug-likeness (QED) is 0.353. The van der Waals surface area contributed by atoms with E-state index in [1.165, 1.54) is 23.0 Å². The molecule has 30 heavy (non-hydrogen) atoms. The smallest absolute Gasteiger partial charge is 0.279 e. The number of phenolic OH excluding ortho intramolecular Hbond substituents is 2. The summed E-state index contributed by atoms with van der Waals surface area (Å²) in [4.78, 5) is 38.5. The molecule has 0 spiro atoms. The van der Waals surface area contributed by atoms with Crippen LogP contribution in [0.2, 0.25) is 0 Å². The number of hydrogen-bond acceptors (Lipinski definition) is 7. The van der Waals surface area contributed by atoms with Crippen LogP contribution in [0.15, 0.2) is 25.7 Å². The lowest BCUT2D eigenvalue weighted by Gasteiger charge is -2.27. The highest BCUT2D eigenvalue weighted by molar-refractivity contribution is 8.25. The van der Waals surface area contributed by atoms with Crippen molar-refractivity contribution in [3.8, 4) is 11.5 Å². The fraction of sp³-hybridized carbons (Fsp3) is 0.476. The van der Waals surface area contributed by atoms with Gasteiger partial charge >= 0.3 is 0 Å². The maximum atomic E-state index is 13.1. The predicted octanol–water partition coefficient (Wildman–Crippen LogP) is 3.82. The molecule has 0 radical (unpaired) electrons. The first kappa shape index (κ1) is 22.6. The number of carbonyl (C=O) groups is 3. The Morgan fingerprint density at radius 1 is 0.967 bits per heavy atom. The first-order valence-electron chi connectivity index (χ1n) is 10.1. The first-order valence-corrected chi connectivity index (χ1v) is 11.7. The monoisotopic (exact) mass is 450 g/mol. The number of hydrazine groups is 1. The van der Waals surface area contributed by atoms with Crippen molar-refractivity contribution in [2.45, 2.75) is 62.7 Å². The Bertz CT molecular complexity index is 900. The molecule has 0 saturated carbocycles. The number of unbranched alkanes of at least 4 members (excludes halogenated alkanes) is 2. The van der Waals surface area contributed by atoms with Crippen molar-refractivity contribution >= 4 is 41.1 Å². The van der Waals surface area contributed by atoms with Gasteiger partial charge in [0.05, 0.1) is 14.0 Å². The molecule has 2 N–H and O–H groups in total. The van der Waals surface area contributed by atoms with Crippen LogP contribution < -0.4 is 0 Å². The first-order chi connectivity index (χ1) is 14.3. The summed E-state index contributed by atoms with van der Waals surface area (Å²) in [6.07, 6.45) is 3.39. The number of rotatable bonds is 8. The Kier molecular flexibility index (Phi) is 7.02. The molecule has 1 aromatic carbocycles. The molecule has 7 nitrogen and oxygen atoms in total. The van der Waals surface area contributed by atoms with E-state index in [0.29, 0.717) is 32.7 Å². The Balaban J connectivity index is 1.98. The van der Waals surface area contributed by atoms with Crippen LogP contribution in [-0.4, -0.2) is 50.9 Å². The lowest BCUT2D eigenvalue weighted by molar-refractivity contribution is -0.147. The minimum Gasteiger partial charge on any atom is -0.507 e. The van der Waals surface area contributed by atoms with E-state index in [1.54, 1.807) is 0 Å². The van der Waals surface area contributed by atoms with E-state index in [-0.39, 0.29) is 41.1 Å². The number of benzene rings is 1. The highest BCUT2D eigenvalue weighted by Gasteiger charge is 2.44. The molecule has 1 fully saturated rings. The molecule has 0 bridgehead atoms. The predicted molar refractivity (Wildman–Crippen MR) is 116 cm³/mol. The molecule has 0 unspecified atom stereocenters. The molecule has 2 heterocycles. The normalized spacial score (nSPS) is 16.1. The molecule has 0 aliphatic carbocycles. The highest BCUT2D eigenvalue weighted by atomic mass is 32.2. The molecular formula is C21H26N2O5S2. The number of thioether (sulfide) groups is 2. The minimum atomic E-state index is -0.338. The number of ketones is 1. The van der Waals surface area contributed by atoms with Gasteiger partial charge in [-0.15, -0.1) is 0 Å².